The molecular formula is C21H19Cl2NO5. The van der Waals surface area contributed by atoms with E-state index in [9.17, 15) is 14.7 Å². The summed E-state index contributed by atoms with van der Waals surface area (Å²) in [4.78, 5) is 27.5. The van der Waals surface area contributed by atoms with Crippen LogP contribution in [0.25, 0.3) is 5.76 Å². The molecule has 29 heavy (non-hydrogen) atoms. The van der Waals surface area contributed by atoms with Gasteiger partial charge >= 0.3 is 0 Å². The fraction of sp³-hybridized carbons (Fsp3) is 0.333. The van der Waals surface area contributed by atoms with Gasteiger partial charge in [0.15, 0.2) is 0 Å². The molecule has 1 aromatic heterocycles. The summed E-state index contributed by atoms with van der Waals surface area (Å²) in [7, 11) is 1.40. The zero-order valence-corrected chi connectivity index (χ0v) is 17.2. The van der Waals surface area contributed by atoms with Crippen molar-refractivity contribution in [3.05, 3.63) is 57.5 Å². The van der Waals surface area contributed by atoms with Gasteiger partial charge in [-0.25, -0.2) is 0 Å². The molecule has 2 fully saturated rings. The summed E-state index contributed by atoms with van der Waals surface area (Å²) in [6.07, 6.45) is 5.04. The van der Waals surface area contributed by atoms with Gasteiger partial charge in [-0.3, -0.25) is 9.59 Å². The first-order chi connectivity index (χ1) is 13.9. The van der Waals surface area contributed by atoms with Gasteiger partial charge in [0, 0.05) is 11.1 Å². The van der Waals surface area contributed by atoms with Crippen LogP contribution in [-0.4, -0.2) is 34.8 Å². The Balaban J connectivity index is 1.93. The smallest absolute Gasteiger partial charge is 0.296 e. The number of aliphatic hydroxyl groups is 1. The number of amides is 1. The predicted molar refractivity (Wildman–Crippen MR) is 108 cm³/mol. The zero-order valence-electron chi connectivity index (χ0n) is 15.7. The largest absolute Gasteiger partial charge is 0.507 e. The average molecular weight is 436 g/mol. The van der Waals surface area contributed by atoms with E-state index in [2.05, 4.69) is 0 Å². The standard InChI is InChI=1S/C21H19Cl2NO5/c1-28-20-13(9-11(22)10-14(20)23)18(25)16-17(15-7-4-8-29-15)24(21(27)19(16)26)12-5-2-3-6-12/h4,7-10,12,17,25H,2-3,5-6H2,1H3/b18-16-. The number of nitrogens with zero attached hydrogens (tertiary/aromatic N) is 1. The van der Waals surface area contributed by atoms with E-state index in [4.69, 9.17) is 32.4 Å². The molecule has 2 aliphatic rings. The number of methoxy groups -OCH3 is 1. The number of ketones is 1. The van der Waals surface area contributed by atoms with E-state index < -0.39 is 23.5 Å². The van der Waals surface area contributed by atoms with E-state index >= 15 is 0 Å². The zero-order chi connectivity index (χ0) is 20.7. The molecule has 1 aliphatic carbocycles. The number of Topliss-reactive ketones (excluding diaryl/α,β-unsaturated/α-hetero) is 1. The molecule has 2 aromatic rings. The molecule has 1 atom stereocenters. The van der Waals surface area contributed by atoms with E-state index in [1.165, 1.54) is 25.5 Å². The number of benzene rings is 1. The topological polar surface area (TPSA) is 80.0 Å². The Labute approximate surface area is 177 Å². The van der Waals surface area contributed by atoms with E-state index in [0.29, 0.717) is 5.76 Å². The first-order valence-corrected chi connectivity index (χ1v) is 10.1. The Morgan fingerprint density at radius 3 is 2.59 bits per heavy atom. The first-order valence-electron chi connectivity index (χ1n) is 9.31. The first kappa shape index (κ1) is 19.9. The van der Waals surface area contributed by atoms with Crippen molar-refractivity contribution in [3.63, 3.8) is 0 Å². The maximum Gasteiger partial charge on any atom is 0.296 e. The van der Waals surface area contributed by atoms with Crippen molar-refractivity contribution in [2.24, 2.45) is 0 Å². The lowest BCUT2D eigenvalue weighted by Crippen LogP contribution is -2.37. The Bertz CT molecular complexity index is 993. The third-order valence-corrected chi connectivity index (χ3v) is 5.98. The van der Waals surface area contributed by atoms with Crippen LogP contribution in [0.2, 0.25) is 10.0 Å². The van der Waals surface area contributed by atoms with Crippen LogP contribution in [0.3, 0.4) is 0 Å². The number of furan rings is 1. The highest BCUT2D eigenvalue weighted by molar-refractivity contribution is 6.47. The van der Waals surface area contributed by atoms with Crippen LogP contribution in [0.5, 0.6) is 5.75 Å². The molecule has 1 saturated carbocycles. The Morgan fingerprint density at radius 2 is 1.97 bits per heavy atom. The van der Waals surface area contributed by atoms with Crippen LogP contribution in [-0.2, 0) is 9.59 Å². The number of hydrogen-bond donors (Lipinski definition) is 1. The normalized spacial score (nSPS) is 21.9. The highest BCUT2D eigenvalue weighted by atomic mass is 35.5. The monoisotopic (exact) mass is 435 g/mol. The lowest BCUT2D eigenvalue weighted by atomic mass is 9.98. The molecule has 1 aromatic carbocycles. The molecule has 6 nitrogen and oxygen atoms in total. The van der Waals surface area contributed by atoms with Crippen molar-refractivity contribution >= 4 is 40.7 Å². The number of halogens is 2. The maximum atomic E-state index is 13.0. The van der Waals surface area contributed by atoms with Gasteiger partial charge in [0.2, 0.25) is 0 Å². The number of aliphatic hydroxyl groups excluding tert-OH is 1. The number of ether oxygens (including phenoxy) is 1. The second kappa shape index (κ2) is 7.76. The summed E-state index contributed by atoms with van der Waals surface area (Å²) >= 11 is 12.3. The Hall–Kier alpha value is -2.44. The van der Waals surface area contributed by atoms with Gasteiger partial charge in [-0.1, -0.05) is 36.0 Å². The van der Waals surface area contributed by atoms with Crippen LogP contribution in [0, 0.1) is 0 Å². The van der Waals surface area contributed by atoms with E-state index in [1.807, 2.05) is 0 Å². The van der Waals surface area contributed by atoms with Crippen LogP contribution >= 0.6 is 23.2 Å². The van der Waals surface area contributed by atoms with Crippen LogP contribution in [0.1, 0.15) is 43.0 Å². The van der Waals surface area contributed by atoms with E-state index in [1.54, 1.807) is 17.0 Å². The molecule has 152 valence electrons. The molecular weight excluding hydrogens is 417 g/mol. The molecule has 0 radical (unpaired) electrons. The number of hydrogen-bond acceptors (Lipinski definition) is 5. The van der Waals surface area contributed by atoms with Gasteiger partial charge in [0.1, 0.15) is 23.3 Å². The van der Waals surface area contributed by atoms with Crippen molar-refractivity contribution in [2.75, 3.05) is 7.11 Å². The van der Waals surface area contributed by atoms with Crippen molar-refractivity contribution in [2.45, 2.75) is 37.8 Å². The number of likely N-dealkylation sites (tertiary alicyclic amines) is 1. The van der Waals surface area contributed by atoms with Gasteiger partial charge < -0.3 is 19.2 Å². The molecule has 8 heteroatoms. The van der Waals surface area contributed by atoms with Gasteiger partial charge in [-0.05, 0) is 37.1 Å². The highest BCUT2D eigenvalue weighted by Crippen LogP contribution is 2.45. The third-order valence-electron chi connectivity index (χ3n) is 5.48. The predicted octanol–water partition coefficient (Wildman–Crippen LogP) is 4.96. The summed E-state index contributed by atoms with van der Waals surface area (Å²) in [5.74, 6) is -1.24. The quantitative estimate of drug-likeness (QED) is 0.416. The van der Waals surface area contributed by atoms with Crippen molar-refractivity contribution < 1.29 is 23.8 Å². The molecule has 0 bridgehead atoms. The minimum Gasteiger partial charge on any atom is -0.507 e. The molecule has 1 amide bonds. The summed E-state index contributed by atoms with van der Waals surface area (Å²) in [6.45, 7) is 0. The molecule has 1 saturated heterocycles. The van der Waals surface area contributed by atoms with E-state index in [-0.39, 0.29) is 33.0 Å². The van der Waals surface area contributed by atoms with Crippen LogP contribution < -0.4 is 4.74 Å². The molecule has 0 spiro atoms. The molecule has 2 heterocycles. The van der Waals surface area contributed by atoms with Crippen molar-refractivity contribution in [3.8, 4) is 5.75 Å². The fourth-order valence-electron chi connectivity index (χ4n) is 4.22. The van der Waals surface area contributed by atoms with Gasteiger partial charge in [-0.15, -0.1) is 0 Å². The molecule has 1 aliphatic heterocycles. The van der Waals surface area contributed by atoms with E-state index in [0.717, 1.165) is 25.7 Å². The second-order valence-electron chi connectivity index (χ2n) is 7.13. The minimum atomic E-state index is -0.824. The second-order valence-corrected chi connectivity index (χ2v) is 7.97. The number of carbonyl (C=O) groups excluding carboxylic acids is 2. The van der Waals surface area contributed by atoms with Gasteiger partial charge in [-0.2, -0.15) is 0 Å². The number of rotatable bonds is 4. The third kappa shape index (κ3) is 3.30. The van der Waals surface area contributed by atoms with Crippen molar-refractivity contribution in [1.29, 1.82) is 0 Å². The fourth-order valence-corrected chi connectivity index (χ4v) is 4.79. The highest BCUT2D eigenvalue weighted by Gasteiger charge is 2.50. The maximum absolute atomic E-state index is 13.0. The SMILES string of the molecule is COc1c(Cl)cc(Cl)cc1/C(O)=C1/C(=O)C(=O)N(C2CCCC2)C1c1ccco1. The number of carbonyl (C=O) groups is 2. The summed E-state index contributed by atoms with van der Waals surface area (Å²) < 4.78 is 10.9. The lowest BCUT2D eigenvalue weighted by Gasteiger charge is -2.29. The van der Waals surface area contributed by atoms with Gasteiger partial charge in [0.05, 0.1) is 29.5 Å². The average Bonchev–Trinajstić information content (AvgIpc) is 3.43. The van der Waals surface area contributed by atoms with Crippen LogP contribution in [0.15, 0.2) is 40.5 Å². The Kier molecular flexibility index (Phi) is 5.32. The van der Waals surface area contributed by atoms with Crippen molar-refractivity contribution in [1.82, 2.24) is 4.90 Å². The molecule has 1 N–H and O–H groups in total. The molecule has 1 unspecified atom stereocenters. The molecule has 4 rings (SSSR count). The summed E-state index contributed by atoms with van der Waals surface area (Å²) in [6, 6.07) is 5.38. The summed E-state index contributed by atoms with van der Waals surface area (Å²) in [5.41, 5.74) is 0.0828. The van der Waals surface area contributed by atoms with Crippen LogP contribution in [0.4, 0.5) is 0 Å². The van der Waals surface area contributed by atoms with Gasteiger partial charge in [0.25, 0.3) is 11.7 Å². The Morgan fingerprint density at radius 1 is 1.24 bits per heavy atom. The minimum absolute atomic E-state index is 0.0616. The summed E-state index contributed by atoms with van der Waals surface area (Å²) in [5, 5.41) is 11.6. The lowest BCUT2D eigenvalue weighted by molar-refractivity contribution is -0.141.